The van der Waals surface area contributed by atoms with E-state index in [1.807, 2.05) is 45.0 Å². The summed E-state index contributed by atoms with van der Waals surface area (Å²) in [6.07, 6.45) is 2.13. The summed E-state index contributed by atoms with van der Waals surface area (Å²) in [5.74, 6) is -1.36. The van der Waals surface area contributed by atoms with Crippen molar-refractivity contribution in [2.45, 2.75) is 70.9 Å². The number of carboxylic acids is 1. The summed E-state index contributed by atoms with van der Waals surface area (Å²) in [6, 6.07) is 14.9. The van der Waals surface area contributed by atoms with Crippen molar-refractivity contribution in [3.63, 3.8) is 0 Å². The van der Waals surface area contributed by atoms with Crippen LogP contribution in [0.25, 0.3) is 11.1 Å². The Labute approximate surface area is 207 Å². The number of alkyl carbamates (subject to hydrolysis) is 1. The fourth-order valence-electron chi connectivity index (χ4n) is 4.65. The number of unbranched alkanes of at least 4 members (excludes halogenated alkanes) is 1. The van der Waals surface area contributed by atoms with E-state index in [-0.39, 0.29) is 24.9 Å². The van der Waals surface area contributed by atoms with Crippen LogP contribution in [0.2, 0.25) is 0 Å². The molecular weight excluding hydrogens is 444 g/mol. The van der Waals surface area contributed by atoms with Crippen LogP contribution in [-0.4, -0.2) is 41.8 Å². The van der Waals surface area contributed by atoms with Gasteiger partial charge in [-0.1, -0.05) is 82.1 Å². The molecule has 188 valence electrons. The van der Waals surface area contributed by atoms with Crippen molar-refractivity contribution >= 4 is 18.0 Å². The average Bonchev–Trinajstić information content (AvgIpc) is 3.14. The molecule has 0 bridgehead atoms. The van der Waals surface area contributed by atoms with E-state index >= 15 is 0 Å². The first-order valence-corrected chi connectivity index (χ1v) is 12.4. The molecular formula is C28H36N2O5. The van der Waals surface area contributed by atoms with Crippen LogP contribution in [-0.2, 0) is 14.3 Å². The van der Waals surface area contributed by atoms with Gasteiger partial charge in [-0.15, -0.1) is 0 Å². The normalized spacial score (nSPS) is 14.1. The molecule has 0 radical (unpaired) electrons. The van der Waals surface area contributed by atoms with Gasteiger partial charge in [0, 0.05) is 18.4 Å². The second-order valence-electron chi connectivity index (χ2n) is 9.60. The molecule has 0 aliphatic heterocycles. The molecule has 2 aromatic carbocycles. The minimum Gasteiger partial charge on any atom is -0.480 e. The van der Waals surface area contributed by atoms with Gasteiger partial charge in [0.15, 0.2) is 0 Å². The molecule has 0 saturated heterocycles. The fourth-order valence-corrected chi connectivity index (χ4v) is 4.65. The minimum absolute atomic E-state index is 0.00602. The van der Waals surface area contributed by atoms with Gasteiger partial charge in [0.25, 0.3) is 0 Å². The number of nitrogens with one attached hydrogen (secondary N) is 2. The number of carboxylic acid groups (broad SMARTS) is 1. The predicted octanol–water partition coefficient (Wildman–Crippen LogP) is 5.09. The molecule has 0 spiro atoms. The van der Waals surface area contributed by atoms with E-state index in [0.29, 0.717) is 12.8 Å². The largest absolute Gasteiger partial charge is 0.480 e. The van der Waals surface area contributed by atoms with Crippen molar-refractivity contribution in [2.75, 3.05) is 6.61 Å². The van der Waals surface area contributed by atoms with E-state index in [1.165, 1.54) is 0 Å². The third-order valence-corrected chi connectivity index (χ3v) is 6.34. The van der Waals surface area contributed by atoms with Gasteiger partial charge < -0.3 is 20.5 Å². The Bertz CT molecular complexity index is 990. The summed E-state index contributed by atoms with van der Waals surface area (Å²) in [6.45, 7) is 6.05. The number of rotatable bonds is 12. The highest BCUT2D eigenvalue weighted by atomic mass is 16.5. The van der Waals surface area contributed by atoms with E-state index in [4.69, 9.17) is 4.74 Å². The van der Waals surface area contributed by atoms with Gasteiger partial charge in [-0.05, 0) is 41.0 Å². The topological polar surface area (TPSA) is 105 Å². The Kier molecular flexibility index (Phi) is 9.29. The van der Waals surface area contributed by atoms with E-state index in [9.17, 15) is 19.5 Å². The van der Waals surface area contributed by atoms with Crippen LogP contribution in [0.4, 0.5) is 4.79 Å². The first kappa shape index (κ1) is 26.3. The summed E-state index contributed by atoms with van der Waals surface area (Å²) in [4.78, 5) is 36.8. The average molecular weight is 481 g/mol. The van der Waals surface area contributed by atoms with E-state index in [1.54, 1.807) is 0 Å². The van der Waals surface area contributed by atoms with Gasteiger partial charge in [0.2, 0.25) is 5.91 Å². The number of ether oxygens (including phenoxy) is 1. The van der Waals surface area contributed by atoms with Crippen molar-refractivity contribution in [1.29, 1.82) is 0 Å². The first-order chi connectivity index (χ1) is 16.8. The second kappa shape index (κ2) is 12.4. The van der Waals surface area contributed by atoms with Crippen molar-refractivity contribution in [3.8, 4) is 11.1 Å². The minimum atomic E-state index is -1.05. The number of benzene rings is 2. The van der Waals surface area contributed by atoms with Gasteiger partial charge in [-0.25, -0.2) is 9.59 Å². The molecule has 1 aliphatic carbocycles. The summed E-state index contributed by atoms with van der Waals surface area (Å²) in [5.41, 5.74) is 4.58. The molecule has 0 heterocycles. The smallest absolute Gasteiger partial charge is 0.407 e. The number of aliphatic carboxylic acids is 1. The van der Waals surface area contributed by atoms with Crippen LogP contribution < -0.4 is 10.6 Å². The Morgan fingerprint density at radius 1 is 0.971 bits per heavy atom. The lowest BCUT2D eigenvalue weighted by Gasteiger charge is -2.21. The number of amides is 2. The van der Waals surface area contributed by atoms with Crippen molar-refractivity contribution in [1.82, 2.24) is 10.6 Å². The zero-order valence-electron chi connectivity index (χ0n) is 20.8. The number of hydrogen-bond donors (Lipinski definition) is 3. The monoisotopic (exact) mass is 480 g/mol. The molecule has 3 rings (SSSR count). The third-order valence-electron chi connectivity index (χ3n) is 6.34. The molecule has 0 saturated carbocycles. The number of hydrogen-bond acceptors (Lipinski definition) is 4. The van der Waals surface area contributed by atoms with Gasteiger partial charge in [0.05, 0.1) is 0 Å². The van der Waals surface area contributed by atoms with Crippen LogP contribution >= 0.6 is 0 Å². The van der Waals surface area contributed by atoms with E-state index in [0.717, 1.165) is 35.1 Å². The quantitative estimate of drug-likeness (QED) is 0.392. The molecule has 7 heteroatoms. The second-order valence-corrected chi connectivity index (χ2v) is 9.60. The van der Waals surface area contributed by atoms with E-state index < -0.39 is 30.1 Å². The Morgan fingerprint density at radius 3 is 2.11 bits per heavy atom. The highest BCUT2D eigenvalue weighted by molar-refractivity contribution is 5.84. The lowest BCUT2D eigenvalue weighted by molar-refractivity contribution is -0.142. The molecule has 0 fully saturated rings. The predicted molar refractivity (Wildman–Crippen MR) is 135 cm³/mol. The molecule has 2 aromatic rings. The zero-order chi connectivity index (χ0) is 25.4. The summed E-state index contributed by atoms with van der Waals surface area (Å²) >= 11 is 0. The third kappa shape index (κ3) is 7.07. The maximum absolute atomic E-state index is 12.7. The Morgan fingerprint density at radius 2 is 1.57 bits per heavy atom. The van der Waals surface area contributed by atoms with Crippen LogP contribution in [0.3, 0.4) is 0 Å². The van der Waals surface area contributed by atoms with E-state index in [2.05, 4.69) is 34.9 Å². The molecule has 2 atom stereocenters. The summed E-state index contributed by atoms with van der Waals surface area (Å²) in [7, 11) is 0. The van der Waals surface area contributed by atoms with Crippen LogP contribution in [0.15, 0.2) is 48.5 Å². The number of fused-ring (bicyclic) bond motifs is 3. The van der Waals surface area contributed by atoms with Crippen molar-refractivity contribution < 1.29 is 24.2 Å². The molecule has 0 aromatic heterocycles. The molecule has 2 amide bonds. The van der Waals surface area contributed by atoms with Gasteiger partial charge in [-0.3, -0.25) is 4.79 Å². The number of carbonyl (C=O) groups is 3. The molecule has 3 N–H and O–H groups in total. The highest BCUT2D eigenvalue weighted by Gasteiger charge is 2.29. The van der Waals surface area contributed by atoms with Gasteiger partial charge >= 0.3 is 12.1 Å². The summed E-state index contributed by atoms with van der Waals surface area (Å²) < 4.78 is 5.63. The Balaban J connectivity index is 1.60. The molecule has 0 unspecified atom stereocenters. The van der Waals surface area contributed by atoms with Crippen molar-refractivity contribution in [2.24, 2.45) is 5.92 Å². The van der Waals surface area contributed by atoms with Crippen LogP contribution in [0.5, 0.6) is 0 Å². The molecule has 1 aliphatic rings. The highest BCUT2D eigenvalue weighted by Crippen LogP contribution is 2.44. The van der Waals surface area contributed by atoms with Gasteiger partial charge in [0.1, 0.15) is 12.6 Å². The molecule has 7 nitrogen and oxygen atoms in total. The summed E-state index contributed by atoms with van der Waals surface area (Å²) in [5, 5.41) is 14.8. The number of carbonyl (C=O) groups excluding carboxylic acids is 2. The van der Waals surface area contributed by atoms with Crippen LogP contribution in [0, 0.1) is 5.92 Å². The Hall–Kier alpha value is -3.35. The lowest BCUT2D eigenvalue weighted by Crippen LogP contribution is -2.45. The van der Waals surface area contributed by atoms with Crippen molar-refractivity contribution in [3.05, 3.63) is 59.7 Å². The maximum Gasteiger partial charge on any atom is 0.407 e. The van der Waals surface area contributed by atoms with Crippen LogP contribution in [0.1, 0.15) is 69.9 Å². The zero-order valence-corrected chi connectivity index (χ0v) is 20.8. The maximum atomic E-state index is 12.7. The fraction of sp³-hybridized carbons (Fsp3) is 0.464. The first-order valence-electron chi connectivity index (χ1n) is 12.4. The standard InChI is InChI=1S/C28H36N2O5/c1-4-5-10-19(16-26(31)30-25(27(32)33)15-18(2)3)29-28(34)35-17-24-22-13-8-6-11-20(22)21-12-7-9-14-23(21)24/h6-9,11-14,18-19,24-25H,4-5,10,15-17H2,1-3H3,(H,29,34)(H,30,31)(H,32,33)/t19-,25-/m0/s1. The lowest BCUT2D eigenvalue weighted by atomic mass is 9.98. The van der Waals surface area contributed by atoms with Gasteiger partial charge in [-0.2, -0.15) is 0 Å². The molecule has 35 heavy (non-hydrogen) atoms. The SMILES string of the molecule is CCCC[C@@H](CC(=O)N[C@@H](CC(C)C)C(=O)O)NC(=O)OCC1c2ccccc2-c2ccccc21.